The van der Waals surface area contributed by atoms with Crippen molar-refractivity contribution in [2.24, 2.45) is 5.92 Å². The summed E-state index contributed by atoms with van der Waals surface area (Å²) in [7, 11) is 0. The largest absolute Gasteiger partial charge is 0.307 e. The standard InChI is InChI=1S/C21H25NO/c1-15-13-17-7-5-6-8-19(17)22(20(15)23)14-16-9-11-18(12-10-16)21(2,3)4/h5-12,15H,13-14H2,1-4H3. The Bertz CT molecular complexity index is 709. The molecule has 1 aliphatic heterocycles. The molecule has 1 aliphatic rings. The van der Waals surface area contributed by atoms with Gasteiger partial charge in [0.1, 0.15) is 0 Å². The zero-order valence-corrected chi connectivity index (χ0v) is 14.5. The summed E-state index contributed by atoms with van der Waals surface area (Å²) >= 11 is 0. The molecule has 0 fully saturated rings. The van der Waals surface area contributed by atoms with Crippen molar-refractivity contribution in [3.63, 3.8) is 0 Å². The van der Waals surface area contributed by atoms with E-state index in [1.807, 2.05) is 17.9 Å². The lowest BCUT2D eigenvalue weighted by atomic mass is 9.86. The van der Waals surface area contributed by atoms with E-state index in [9.17, 15) is 4.79 Å². The minimum atomic E-state index is 0.0544. The van der Waals surface area contributed by atoms with Crippen molar-refractivity contribution >= 4 is 11.6 Å². The van der Waals surface area contributed by atoms with Gasteiger partial charge in [0.05, 0.1) is 6.54 Å². The summed E-state index contributed by atoms with van der Waals surface area (Å²) < 4.78 is 0. The van der Waals surface area contributed by atoms with Crippen LogP contribution in [0.5, 0.6) is 0 Å². The molecule has 1 unspecified atom stereocenters. The average molecular weight is 307 g/mol. The first kappa shape index (κ1) is 15.8. The van der Waals surface area contributed by atoms with Gasteiger partial charge in [0.2, 0.25) is 5.91 Å². The van der Waals surface area contributed by atoms with Crippen LogP contribution < -0.4 is 4.90 Å². The van der Waals surface area contributed by atoms with Gasteiger partial charge in [0, 0.05) is 11.6 Å². The molecule has 1 heterocycles. The van der Waals surface area contributed by atoms with Crippen LogP contribution in [0.15, 0.2) is 48.5 Å². The van der Waals surface area contributed by atoms with Crippen LogP contribution in [0.25, 0.3) is 0 Å². The lowest BCUT2D eigenvalue weighted by Gasteiger charge is -2.33. The van der Waals surface area contributed by atoms with E-state index in [0.29, 0.717) is 6.54 Å². The summed E-state index contributed by atoms with van der Waals surface area (Å²) in [5.41, 5.74) is 4.98. The van der Waals surface area contributed by atoms with Crippen LogP contribution in [-0.4, -0.2) is 5.91 Å². The number of carbonyl (C=O) groups is 1. The number of benzene rings is 2. The molecule has 2 nitrogen and oxygen atoms in total. The maximum Gasteiger partial charge on any atom is 0.230 e. The van der Waals surface area contributed by atoms with Gasteiger partial charge in [0.25, 0.3) is 0 Å². The van der Waals surface area contributed by atoms with Crippen molar-refractivity contribution in [3.05, 3.63) is 65.2 Å². The smallest absolute Gasteiger partial charge is 0.230 e. The molecule has 0 radical (unpaired) electrons. The lowest BCUT2D eigenvalue weighted by molar-refractivity contribution is -0.122. The van der Waals surface area contributed by atoms with Gasteiger partial charge in [-0.25, -0.2) is 0 Å². The van der Waals surface area contributed by atoms with Gasteiger partial charge in [-0.1, -0.05) is 70.2 Å². The van der Waals surface area contributed by atoms with Gasteiger partial charge in [-0.2, -0.15) is 0 Å². The fraction of sp³-hybridized carbons (Fsp3) is 0.381. The molecule has 0 aromatic heterocycles. The molecule has 2 aromatic rings. The number of anilines is 1. The Balaban J connectivity index is 1.88. The molecule has 120 valence electrons. The summed E-state index contributed by atoms with van der Waals surface area (Å²) in [6.45, 7) is 9.31. The van der Waals surface area contributed by atoms with Gasteiger partial charge >= 0.3 is 0 Å². The first-order valence-electron chi connectivity index (χ1n) is 8.35. The summed E-state index contributed by atoms with van der Waals surface area (Å²) in [5, 5.41) is 0. The highest BCUT2D eigenvalue weighted by Crippen LogP contribution is 2.32. The fourth-order valence-electron chi connectivity index (χ4n) is 3.20. The molecule has 2 heteroatoms. The van der Waals surface area contributed by atoms with Crippen molar-refractivity contribution in [1.29, 1.82) is 0 Å². The van der Waals surface area contributed by atoms with Crippen molar-refractivity contribution in [2.75, 3.05) is 4.90 Å². The molecule has 0 saturated carbocycles. The monoisotopic (exact) mass is 307 g/mol. The van der Waals surface area contributed by atoms with Crippen LogP contribution in [-0.2, 0) is 23.2 Å². The van der Waals surface area contributed by atoms with Crippen LogP contribution in [0.3, 0.4) is 0 Å². The number of rotatable bonds is 2. The second-order valence-corrected chi connectivity index (χ2v) is 7.61. The molecule has 23 heavy (non-hydrogen) atoms. The van der Waals surface area contributed by atoms with Crippen molar-refractivity contribution in [1.82, 2.24) is 0 Å². The van der Waals surface area contributed by atoms with Gasteiger partial charge in [-0.3, -0.25) is 4.79 Å². The topological polar surface area (TPSA) is 20.3 Å². The van der Waals surface area contributed by atoms with Crippen LogP contribution in [0, 0.1) is 5.92 Å². The zero-order valence-electron chi connectivity index (χ0n) is 14.5. The summed E-state index contributed by atoms with van der Waals surface area (Å²) in [4.78, 5) is 14.6. The fourth-order valence-corrected chi connectivity index (χ4v) is 3.20. The number of hydrogen-bond donors (Lipinski definition) is 0. The summed E-state index contributed by atoms with van der Waals surface area (Å²) in [6.07, 6.45) is 0.842. The number of hydrogen-bond acceptors (Lipinski definition) is 1. The van der Waals surface area contributed by atoms with Crippen LogP contribution in [0.4, 0.5) is 5.69 Å². The molecule has 2 aromatic carbocycles. The predicted octanol–water partition coefficient (Wildman–Crippen LogP) is 4.71. The average Bonchev–Trinajstić information content (AvgIpc) is 2.51. The molecule has 0 spiro atoms. The SMILES string of the molecule is CC1Cc2ccccc2N(Cc2ccc(C(C)(C)C)cc2)C1=O. The van der Waals surface area contributed by atoms with Crippen molar-refractivity contribution < 1.29 is 4.79 Å². The first-order valence-corrected chi connectivity index (χ1v) is 8.35. The molecule has 1 amide bonds. The maximum absolute atomic E-state index is 12.6. The van der Waals surface area contributed by atoms with Gasteiger partial charge in [-0.15, -0.1) is 0 Å². The number of para-hydroxylation sites is 1. The minimum absolute atomic E-state index is 0.0544. The lowest BCUT2D eigenvalue weighted by Crippen LogP contribution is -2.39. The molecular weight excluding hydrogens is 282 g/mol. The molecule has 0 saturated heterocycles. The Morgan fingerprint density at radius 3 is 2.35 bits per heavy atom. The third-order valence-electron chi connectivity index (χ3n) is 4.66. The summed E-state index contributed by atoms with van der Waals surface area (Å²) in [5.74, 6) is 0.280. The van der Waals surface area contributed by atoms with E-state index in [4.69, 9.17) is 0 Å². The molecule has 1 atom stereocenters. The first-order chi connectivity index (χ1) is 10.9. The Kier molecular flexibility index (Phi) is 4.01. The van der Waals surface area contributed by atoms with Crippen LogP contribution in [0.1, 0.15) is 44.4 Å². The van der Waals surface area contributed by atoms with Crippen molar-refractivity contribution in [3.8, 4) is 0 Å². The Labute approximate surface area is 139 Å². The Morgan fingerprint density at radius 1 is 1.04 bits per heavy atom. The van der Waals surface area contributed by atoms with E-state index < -0.39 is 0 Å². The summed E-state index contributed by atoms with van der Waals surface area (Å²) in [6, 6.07) is 16.9. The maximum atomic E-state index is 12.6. The third-order valence-corrected chi connectivity index (χ3v) is 4.66. The van der Waals surface area contributed by atoms with Crippen LogP contribution >= 0.6 is 0 Å². The molecule has 0 aliphatic carbocycles. The molecule has 0 N–H and O–H groups in total. The number of fused-ring (bicyclic) bond motifs is 1. The second kappa shape index (κ2) is 5.84. The van der Waals surface area contributed by atoms with E-state index in [0.717, 1.165) is 12.1 Å². The molecular formula is C21H25NO. The van der Waals surface area contributed by atoms with Gasteiger partial charge < -0.3 is 4.90 Å². The third kappa shape index (κ3) is 3.17. The highest BCUT2D eigenvalue weighted by molar-refractivity contribution is 5.97. The van der Waals surface area contributed by atoms with Crippen molar-refractivity contribution in [2.45, 2.75) is 46.1 Å². The second-order valence-electron chi connectivity index (χ2n) is 7.61. The number of carbonyl (C=O) groups excluding carboxylic acids is 1. The van der Waals surface area contributed by atoms with E-state index in [1.54, 1.807) is 0 Å². The quantitative estimate of drug-likeness (QED) is 0.787. The van der Waals surface area contributed by atoms with E-state index >= 15 is 0 Å². The van der Waals surface area contributed by atoms with E-state index in [1.165, 1.54) is 16.7 Å². The highest BCUT2D eigenvalue weighted by Gasteiger charge is 2.29. The van der Waals surface area contributed by atoms with E-state index in [-0.39, 0.29) is 17.2 Å². The normalized spacial score (nSPS) is 18.0. The molecule has 0 bridgehead atoms. The van der Waals surface area contributed by atoms with E-state index in [2.05, 4.69) is 63.2 Å². The zero-order chi connectivity index (χ0) is 16.6. The Morgan fingerprint density at radius 2 is 1.70 bits per heavy atom. The van der Waals surface area contributed by atoms with Crippen LogP contribution in [0.2, 0.25) is 0 Å². The van der Waals surface area contributed by atoms with Gasteiger partial charge in [-0.05, 0) is 34.6 Å². The minimum Gasteiger partial charge on any atom is -0.307 e. The number of nitrogens with zero attached hydrogens (tertiary/aromatic N) is 1. The highest BCUT2D eigenvalue weighted by atomic mass is 16.2. The predicted molar refractivity (Wildman–Crippen MR) is 95.6 cm³/mol. The van der Waals surface area contributed by atoms with Gasteiger partial charge in [0.15, 0.2) is 0 Å². The Hall–Kier alpha value is -2.09. The number of amides is 1. The molecule has 3 rings (SSSR count).